The lowest BCUT2D eigenvalue weighted by atomic mass is 9.98. The Labute approximate surface area is 150 Å². The standard InChI is InChI=1S/C19H20FNO5/c1-25-16-6-4-3-5-12(16)9-14(19(23)24)11-21-18(22)13-7-8-15(20)17(10-13)26-2/h3-8,10,14H,9,11H2,1-2H3,(H,21,22)(H,23,24). The summed E-state index contributed by atoms with van der Waals surface area (Å²) in [5.41, 5.74) is 0.921. The van der Waals surface area contributed by atoms with Gasteiger partial charge in [-0.05, 0) is 36.2 Å². The maximum absolute atomic E-state index is 13.4. The summed E-state index contributed by atoms with van der Waals surface area (Å²) in [5.74, 6) is -2.42. The molecule has 0 spiro atoms. The molecule has 6 nitrogen and oxygen atoms in total. The number of para-hydroxylation sites is 1. The lowest BCUT2D eigenvalue weighted by Crippen LogP contribution is -2.34. The number of aliphatic carboxylic acids is 1. The quantitative estimate of drug-likeness (QED) is 0.755. The predicted molar refractivity (Wildman–Crippen MR) is 93.1 cm³/mol. The molecule has 0 aliphatic carbocycles. The average molecular weight is 361 g/mol. The van der Waals surface area contributed by atoms with Crippen LogP contribution < -0.4 is 14.8 Å². The number of rotatable bonds is 8. The van der Waals surface area contributed by atoms with Crippen LogP contribution in [0.5, 0.6) is 11.5 Å². The lowest BCUT2D eigenvalue weighted by molar-refractivity contribution is -0.141. The van der Waals surface area contributed by atoms with Crippen LogP contribution in [-0.4, -0.2) is 37.7 Å². The van der Waals surface area contributed by atoms with Crippen molar-refractivity contribution in [3.05, 3.63) is 59.4 Å². The molecule has 1 unspecified atom stereocenters. The summed E-state index contributed by atoms with van der Waals surface area (Å²) < 4.78 is 23.5. The first-order valence-corrected chi connectivity index (χ1v) is 7.92. The number of carbonyl (C=O) groups excluding carboxylic acids is 1. The number of halogens is 1. The zero-order valence-electron chi connectivity index (χ0n) is 14.5. The van der Waals surface area contributed by atoms with Gasteiger partial charge in [0.2, 0.25) is 0 Å². The Morgan fingerprint density at radius 3 is 2.46 bits per heavy atom. The normalized spacial score (nSPS) is 11.5. The van der Waals surface area contributed by atoms with Gasteiger partial charge in [-0.25, -0.2) is 4.39 Å². The molecular formula is C19H20FNO5. The van der Waals surface area contributed by atoms with Crippen molar-refractivity contribution >= 4 is 11.9 Å². The Morgan fingerprint density at radius 1 is 1.12 bits per heavy atom. The highest BCUT2D eigenvalue weighted by molar-refractivity contribution is 5.94. The molecule has 0 radical (unpaired) electrons. The third-order valence-electron chi connectivity index (χ3n) is 3.93. The second-order valence-corrected chi connectivity index (χ2v) is 5.61. The molecule has 2 rings (SSSR count). The van der Waals surface area contributed by atoms with Crippen molar-refractivity contribution in [2.45, 2.75) is 6.42 Å². The zero-order valence-corrected chi connectivity index (χ0v) is 14.5. The summed E-state index contributed by atoms with van der Waals surface area (Å²) in [6.07, 6.45) is 0.201. The van der Waals surface area contributed by atoms with Crippen molar-refractivity contribution in [1.82, 2.24) is 5.32 Å². The van der Waals surface area contributed by atoms with E-state index in [9.17, 15) is 19.1 Å². The van der Waals surface area contributed by atoms with Crippen molar-refractivity contribution in [3.8, 4) is 11.5 Å². The van der Waals surface area contributed by atoms with Gasteiger partial charge in [0.1, 0.15) is 5.75 Å². The van der Waals surface area contributed by atoms with Crippen molar-refractivity contribution < 1.29 is 28.6 Å². The summed E-state index contributed by atoms with van der Waals surface area (Å²) >= 11 is 0. The minimum atomic E-state index is -1.03. The van der Waals surface area contributed by atoms with E-state index >= 15 is 0 Å². The number of carbonyl (C=O) groups is 2. The fraction of sp³-hybridized carbons (Fsp3) is 0.263. The Bertz CT molecular complexity index is 793. The van der Waals surface area contributed by atoms with E-state index in [1.54, 1.807) is 24.3 Å². The third kappa shape index (κ3) is 4.72. The van der Waals surface area contributed by atoms with Gasteiger partial charge < -0.3 is 19.9 Å². The van der Waals surface area contributed by atoms with Crippen molar-refractivity contribution in [2.75, 3.05) is 20.8 Å². The minimum absolute atomic E-state index is 0.0542. The SMILES string of the molecule is COc1cc(C(=O)NCC(Cc2ccccc2OC)C(=O)O)ccc1F. The molecule has 7 heteroatoms. The molecule has 1 atom stereocenters. The van der Waals surface area contributed by atoms with Crippen LogP contribution in [0.15, 0.2) is 42.5 Å². The predicted octanol–water partition coefficient (Wildman–Crippen LogP) is 2.52. The summed E-state index contributed by atoms with van der Waals surface area (Å²) in [4.78, 5) is 23.8. The van der Waals surface area contributed by atoms with Crippen molar-refractivity contribution in [2.24, 2.45) is 5.92 Å². The number of benzene rings is 2. The molecule has 0 saturated carbocycles. The molecule has 2 aromatic carbocycles. The third-order valence-corrected chi connectivity index (χ3v) is 3.93. The van der Waals surface area contributed by atoms with Crippen LogP contribution in [-0.2, 0) is 11.2 Å². The van der Waals surface area contributed by atoms with Gasteiger partial charge in [-0.3, -0.25) is 9.59 Å². The number of nitrogens with one attached hydrogen (secondary N) is 1. The highest BCUT2D eigenvalue weighted by Crippen LogP contribution is 2.21. The fourth-order valence-corrected chi connectivity index (χ4v) is 2.50. The lowest BCUT2D eigenvalue weighted by Gasteiger charge is -2.15. The zero-order chi connectivity index (χ0) is 19.1. The van der Waals surface area contributed by atoms with Gasteiger partial charge in [-0.15, -0.1) is 0 Å². The number of amides is 1. The van der Waals surface area contributed by atoms with E-state index in [4.69, 9.17) is 9.47 Å². The van der Waals surface area contributed by atoms with Gasteiger partial charge in [-0.2, -0.15) is 0 Å². The van der Waals surface area contributed by atoms with E-state index in [-0.39, 0.29) is 24.3 Å². The van der Waals surface area contributed by atoms with Gasteiger partial charge in [0.05, 0.1) is 20.1 Å². The topological polar surface area (TPSA) is 84.9 Å². The molecule has 0 aliphatic rings. The minimum Gasteiger partial charge on any atom is -0.496 e. The first-order chi connectivity index (χ1) is 12.5. The molecule has 0 fully saturated rings. The molecule has 0 heterocycles. The summed E-state index contributed by atoms with van der Waals surface area (Å²) in [6, 6.07) is 10.8. The molecule has 26 heavy (non-hydrogen) atoms. The number of methoxy groups -OCH3 is 2. The Balaban J connectivity index is 2.06. The summed E-state index contributed by atoms with van der Waals surface area (Å²) in [6.45, 7) is -0.0775. The van der Waals surface area contributed by atoms with Gasteiger partial charge in [-0.1, -0.05) is 18.2 Å². The van der Waals surface area contributed by atoms with Crippen LogP contribution in [0, 0.1) is 11.7 Å². The smallest absolute Gasteiger partial charge is 0.308 e. The van der Waals surface area contributed by atoms with Gasteiger partial charge >= 0.3 is 5.97 Å². The Morgan fingerprint density at radius 2 is 1.81 bits per heavy atom. The Kier molecular flexibility index (Phi) is 6.54. The summed E-state index contributed by atoms with van der Waals surface area (Å²) in [7, 11) is 2.81. The number of ether oxygens (including phenoxy) is 2. The molecule has 0 bridgehead atoms. The molecule has 0 saturated heterocycles. The van der Waals surface area contributed by atoms with Crippen LogP contribution in [0.25, 0.3) is 0 Å². The largest absolute Gasteiger partial charge is 0.496 e. The van der Waals surface area contributed by atoms with Crippen LogP contribution >= 0.6 is 0 Å². The molecule has 0 aromatic heterocycles. The molecule has 0 aliphatic heterocycles. The van der Waals surface area contributed by atoms with Gasteiger partial charge in [0.25, 0.3) is 5.91 Å². The van der Waals surface area contributed by atoms with E-state index in [1.165, 1.54) is 26.4 Å². The van der Waals surface area contributed by atoms with Crippen LogP contribution in [0.4, 0.5) is 4.39 Å². The number of hydrogen-bond donors (Lipinski definition) is 2. The highest BCUT2D eigenvalue weighted by atomic mass is 19.1. The van der Waals surface area contributed by atoms with E-state index < -0.39 is 23.6 Å². The van der Waals surface area contributed by atoms with Gasteiger partial charge in [0, 0.05) is 12.1 Å². The highest BCUT2D eigenvalue weighted by Gasteiger charge is 2.21. The number of hydrogen-bond acceptors (Lipinski definition) is 4. The molecular weight excluding hydrogens is 341 g/mol. The van der Waals surface area contributed by atoms with Crippen molar-refractivity contribution in [1.29, 1.82) is 0 Å². The number of carboxylic acids is 1. The monoisotopic (exact) mass is 361 g/mol. The average Bonchev–Trinajstić information content (AvgIpc) is 2.65. The molecule has 2 aromatic rings. The maximum Gasteiger partial charge on any atom is 0.308 e. The Hall–Kier alpha value is -3.09. The van der Waals surface area contributed by atoms with E-state index in [0.717, 1.165) is 11.6 Å². The molecule has 1 amide bonds. The van der Waals surface area contributed by atoms with E-state index in [0.29, 0.717) is 5.75 Å². The summed E-state index contributed by atoms with van der Waals surface area (Å²) in [5, 5.41) is 12.0. The molecule has 2 N–H and O–H groups in total. The van der Waals surface area contributed by atoms with Crippen molar-refractivity contribution in [3.63, 3.8) is 0 Å². The van der Waals surface area contributed by atoms with Crippen LogP contribution in [0.3, 0.4) is 0 Å². The molecule has 138 valence electrons. The first kappa shape index (κ1) is 19.2. The second-order valence-electron chi connectivity index (χ2n) is 5.61. The van der Waals surface area contributed by atoms with Gasteiger partial charge in [0.15, 0.2) is 11.6 Å². The number of carboxylic acid groups (broad SMARTS) is 1. The second kappa shape index (κ2) is 8.84. The van der Waals surface area contributed by atoms with E-state index in [2.05, 4.69) is 5.32 Å². The van der Waals surface area contributed by atoms with Crippen LogP contribution in [0.2, 0.25) is 0 Å². The van der Waals surface area contributed by atoms with Crippen LogP contribution in [0.1, 0.15) is 15.9 Å². The first-order valence-electron chi connectivity index (χ1n) is 7.92. The van der Waals surface area contributed by atoms with E-state index in [1.807, 2.05) is 0 Å². The fourth-order valence-electron chi connectivity index (χ4n) is 2.50. The maximum atomic E-state index is 13.4.